The highest BCUT2D eigenvalue weighted by atomic mass is 31.2. The zero-order chi connectivity index (χ0) is 32.0. The molecule has 5 aromatic rings. The Kier molecular flexibility index (Phi) is 8.12. The van der Waals surface area contributed by atoms with E-state index in [0.717, 1.165) is 43.0 Å². The number of imidazole rings is 1. The van der Waals surface area contributed by atoms with Gasteiger partial charge >= 0.3 is 0 Å². The maximum atomic E-state index is 13.4. The number of hydrogen-bond donors (Lipinski definition) is 3. The first-order valence-corrected chi connectivity index (χ1v) is 18.5. The lowest BCUT2D eigenvalue weighted by atomic mass is 10.0. The van der Waals surface area contributed by atoms with Gasteiger partial charge in [-0.2, -0.15) is 9.97 Å². The van der Waals surface area contributed by atoms with Crippen LogP contribution in [0.15, 0.2) is 49.1 Å². The van der Waals surface area contributed by atoms with Crippen molar-refractivity contribution in [2.45, 2.75) is 25.8 Å². The van der Waals surface area contributed by atoms with Crippen LogP contribution in [-0.4, -0.2) is 107 Å². The maximum absolute atomic E-state index is 13.4. The zero-order valence-corrected chi connectivity index (χ0v) is 28.1. The van der Waals surface area contributed by atoms with Crippen LogP contribution >= 0.6 is 7.14 Å². The average molecular weight is 643 g/mol. The van der Waals surface area contributed by atoms with Gasteiger partial charge in [0.1, 0.15) is 30.0 Å². The van der Waals surface area contributed by atoms with E-state index in [1.165, 1.54) is 37.2 Å². The number of rotatable bonds is 8. The second-order valence-electron chi connectivity index (χ2n) is 12.9. The Labute approximate surface area is 269 Å². The fraction of sp³-hybridized carbons (Fsp3) is 0.424. The van der Waals surface area contributed by atoms with Gasteiger partial charge in [0.05, 0.1) is 29.2 Å². The summed E-state index contributed by atoms with van der Waals surface area (Å²) in [6, 6.07) is 8.75. The Morgan fingerprint density at radius 3 is 2.50 bits per heavy atom. The van der Waals surface area contributed by atoms with Gasteiger partial charge in [-0.05, 0) is 63.9 Å². The second-order valence-corrected chi connectivity index (χ2v) is 16.0. The van der Waals surface area contributed by atoms with Gasteiger partial charge in [0, 0.05) is 81.9 Å². The van der Waals surface area contributed by atoms with E-state index in [-0.39, 0.29) is 0 Å². The topological polar surface area (TPSA) is 119 Å². The molecule has 13 heteroatoms. The second kappa shape index (κ2) is 12.2. The van der Waals surface area contributed by atoms with Crippen LogP contribution in [0.1, 0.15) is 18.4 Å². The van der Waals surface area contributed by atoms with Crippen molar-refractivity contribution >= 4 is 58.0 Å². The van der Waals surface area contributed by atoms with Crippen LogP contribution in [0.25, 0.3) is 16.7 Å². The van der Waals surface area contributed by atoms with Crippen molar-refractivity contribution in [3.05, 3.63) is 54.6 Å². The molecular weight excluding hydrogens is 599 g/mol. The highest BCUT2D eigenvalue weighted by Crippen LogP contribution is 2.41. The molecule has 4 aromatic heterocycles. The number of anilines is 5. The molecule has 0 unspecified atom stereocenters. The van der Waals surface area contributed by atoms with Crippen molar-refractivity contribution in [1.82, 2.24) is 34.1 Å². The van der Waals surface area contributed by atoms with E-state index in [2.05, 4.69) is 61.4 Å². The minimum Gasteiger partial charge on any atom is -0.494 e. The number of piperazine rings is 1. The third kappa shape index (κ3) is 5.92. The molecule has 12 nitrogen and oxygen atoms in total. The number of H-pyrrole nitrogens is 1. The van der Waals surface area contributed by atoms with E-state index in [9.17, 15) is 4.57 Å². The summed E-state index contributed by atoms with van der Waals surface area (Å²) in [6.07, 6.45) is 9.66. The van der Waals surface area contributed by atoms with E-state index >= 15 is 0 Å². The smallest absolute Gasteiger partial charge is 0.231 e. The van der Waals surface area contributed by atoms with Crippen LogP contribution in [0.2, 0.25) is 0 Å². The van der Waals surface area contributed by atoms with Gasteiger partial charge in [0.2, 0.25) is 5.95 Å². The minimum atomic E-state index is -2.70. The van der Waals surface area contributed by atoms with Gasteiger partial charge in [-0.25, -0.2) is 4.98 Å². The highest BCUT2D eigenvalue weighted by molar-refractivity contribution is 7.70. The number of aromatic amines is 1. The third-order valence-corrected chi connectivity index (χ3v) is 10.9. The van der Waals surface area contributed by atoms with Crippen LogP contribution in [0.4, 0.5) is 28.8 Å². The molecule has 2 aliphatic heterocycles. The fourth-order valence-electron chi connectivity index (χ4n) is 6.89. The monoisotopic (exact) mass is 642 g/mol. The first kappa shape index (κ1) is 30.5. The first-order valence-electron chi connectivity index (χ1n) is 15.9. The van der Waals surface area contributed by atoms with Gasteiger partial charge < -0.3 is 39.1 Å². The van der Waals surface area contributed by atoms with E-state index in [1.807, 2.05) is 35.1 Å². The molecule has 2 aliphatic rings. The van der Waals surface area contributed by atoms with Gasteiger partial charge in [-0.3, -0.25) is 4.90 Å². The Morgan fingerprint density at radius 1 is 0.978 bits per heavy atom. The van der Waals surface area contributed by atoms with Crippen molar-refractivity contribution in [2.24, 2.45) is 0 Å². The van der Waals surface area contributed by atoms with Crippen LogP contribution in [0, 0.1) is 6.92 Å². The minimum absolute atomic E-state index is 0.413. The molecule has 0 atom stereocenters. The molecule has 0 aliphatic carbocycles. The summed E-state index contributed by atoms with van der Waals surface area (Å²) >= 11 is 0. The Morgan fingerprint density at radius 2 is 1.76 bits per heavy atom. The summed E-state index contributed by atoms with van der Waals surface area (Å²) in [5.41, 5.74) is 5.20. The number of likely N-dealkylation sites (N-methyl/N-ethyl adjacent to an activating group) is 1. The molecule has 0 radical (unpaired) electrons. The van der Waals surface area contributed by atoms with Crippen molar-refractivity contribution in [2.75, 3.05) is 82.3 Å². The predicted molar refractivity (Wildman–Crippen MR) is 187 cm³/mol. The SMILES string of the molecule is COc1cc(N2CCC(N3CCN(C)CC3)CC2)c(C)cc1Nc1nc(Nc2ccn3ccnc3c2P(C)(C)=O)c2cc[nH]c2n1. The Bertz CT molecular complexity index is 1910. The van der Waals surface area contributed by atoms with E-state index in [4.69, 9.17) is 14.7 Å². The van der Waals surface area contributed by atoms with Crippen molar-refractivity contribution in [3.8, 4) is 5.75 Å². The number of hydrogen-bond acceptors (Lipinski definition) is 10. The molecule has 242 valence electrons. The van der Waals surface area contributed by atoms with Gasteiger partial charge in [-0.15, -0.1) is 0 Å². The van der Waals surface area contributed by atoms with Gasteiger partial charge in [-0.1, -0.05) is 0 Å². The number of benzene rings is 1. The number of nitrogens with zero attached hydrogens (tertiary/aromatic N) is 7. The summed E-state index contributed by atoms with van der Waals surface area (Å²) in [5.74, 6) is 1.74. The molecule has 1 aromatic carbocycles. The molecule has 2 saturated heterocycles. The normalized spacial score (nSPS) is 17.2. The summed E-state index contributed by atoms with van der Waals surface area (Å²) < 4.78 is 21.2. The number of ether oxygens (including phenoxy) is 1. The lowest BCUT2D eigenvalue weighted by Gasteiger charge is -2.43. The molecule has 6 heterocycles. The molecule has 0 saturated carbocycles. The van der Waals surface area contributed by atoms with E-state index < -0.39 is 7.14 Å². The lowest BCUT2D eigenvalue weighted by molar-refractivity contribution is 0.0982. The van der Waals surface area contributed by atoms with Gasteiger partial charge in [0.25, 0.3) is 0 Å². The van der Waals surface area contributed by atoms with Crippen LogP contribution in [0.3, 0.4) is 0 Å². The number of fused-ring (bicyclic) bond motifs is 2. The lowest BCUT2D eigenvalue weighted by Crippen LogP contribution is -2.52. The molecular formula is C33H43N10O2P. The highest BCUT2D eigenvalue weighted by Gasteiger charge is 2.28. The van der Waals surface area contributed by atoms with Crippen molar-refractivity contribution in [3.63, 3.8) is 0 Å². The first-order chi connectivity index (χ1) is 22.2. The number of nitrogens with one attached hydrogen (secondary N) is 3. The molecule has 2 fully saturated rings. The third-order valence-electron chi connectivity index (χ3n) is 9.37. The summed E-state index contributed by atoms with van der Waals surface area (Å²) in [6.45, 7) is 12.4. The maximum Gasteiger partial charge on any atom is 0.231 e. The van der Waals surface area contributed by atoms with Crippen LogP contribution < -0.4 is 25.6 Å². The Balaban J connectivity index is 1.14. The predicted octanol–water partition coefficient (Wildman–Crippen LogP) is 4.87. The average Bonchev–Trinajstić information content (AvgIpc) is 3.71. The largest absolute Gasteiger partial charge is 0.494 e. The molecule has 0 spiro atoms. The fourth-order valence-corrected chi connectivity index (χ4v) is 8.25. The van der Waals surface area contributed by atoms with Gasteiger partial charge in [0.15, 0.2) is 0 Å². The summed E-state index contributed by atoms with van der Waals surface area (Å²) in [4.78, 5) is 24.9. The molecule has 3 N–H and O–H groups in total. The zero-order valence-electron chi connectivity index (χ0n) is 27.2. The molecule has 0 bridgehead atoms. The molecule has 0 amide bonds. The van der Waals surface area contributed by atoms with Crippen LogP contribution in [-0.2, 0) is 4.57 Å². The summed E-state index contributed by atoms with van der Waals surface area (Å²) in [7, 11) is 1.21. The number of aromatic nitrogens is 5. The molecule has 7 rings (SSSR count). The number of aryl methyl sites for hydroxylation is 1. The number of methoxy groups -OCH3 is 1. The quantitative estimate of drug-likeness (QED) is 0.202. The molecule has 46 heavy (non-hydrogen) atoms. The van der Waals surface area contributed by atoms with Crippen LogP contribution in [0.5, 0.6) is 5.75 Å². The van der Waals surface area contributed by atoms with Crippen molar-refractivity contribution in [1.29, 1.82) is 0 Å². The standard InChI is InChI=1S/C33H43N10O2P/c1-22-20-26(28(45-3)21-27(22)42-12-7-23(8-13-42)41-18-16-40(2)17-19-41)37-33-38-30-24(6-10-34-30)31(39-33)36-25-9-14-43-15-11-35-32(43)29(25)46(4,5)44/h6,9-11,14-15,20-21,23H,7-8,12-13,16-19H2,1-5H3,(H3,34,36,37,38,39). The van der Waals surface area contributed by atoms with E-state index in [0.29, 0.717) is 40.1 Å². The number of piperidine rings is 1. The summed E-state index contributed by atoms with van der Waals surface area (Å²) in [5, 5.41) is 8.37. The number of pyridine rings is 1. The Hall–Kier alpha value is -4.12. The van der Waals surface area contributed by atoms with E-state index in [1.54, 1.807) is 26.6 Å². The van der Waals surface area contributed by atoms with Crippen molar-refractivity contribution < 1.29 is 9.30 Å².